The molecule has 2 heterocycles. The van der Waals surface area contributed by atoms with Crippen molar-refractivity contribution in [2.45, 2.75) is 12.7 Å². The Hall–Kier alpha value is -2.51. The molecule has 24 heavy (non-hydrogen) atoms. The predicted molar refractivity (Wildman–Crippen MR) is 92.4 cm³/mol. The summed E-state index contributed by atoms with van der Waals surface area (Å²) in [5, 5.41) is 0. The second kappa shape index (κ2) is 7.37. The van der Waals surface area contributed by atoms with Crippen molar-refractivity contribution in [1.82, 2.24) is 14.5 Å². The number of pyridine rings is 1. The second-order valence-corrected chi connectivity index (χ2v) is 6.01. The van der Waals surface area contributed by atoms with E-state index >= 15 is 0 Å². The van der Waals surface area contributed by atoms with E-state index in [1.165, 1.54) is 0 Å². The first-order valence-electron chi connectivity index (χ1n) is 7.45. The highest BCUT2D eigenvalue weighted by molar-refractivity contribution is 7.78. The molecule has 1 aromatic carbocycles. The molecule has 6 nitrogen and oxygen atoms in total. The summed E-state index contributed by atoms with van der Waals surface area (Å²) < 4.78 is 27.1. The molecule has 1 unspecified atom stereocenters. The molecule has 0 bridgehead atoms. The fourth-order valence-electron chi connectivity index (χ4n) is 2.37. The van der Waals surface area contributed by atoms with Crippen LogP contribution in [0.2, 0.25) is 0 Å². The third kappa shape index (κ3) is 3.69. The smallest absolute Gasteiger partial charge is 0.158 e. The Morgan fingerprint density at radius 2 is 1.96 bits per heavy atom. The van der Waals surface area contributed by atoms with Gasteiger partial charge in [-0.15, -0.1) is 0 Å². The third-order valence-electron chi connectivity index (χ3n) is 3.46. The summed E-state index contributed by atoms with van der Waals surface area (Å²) in [7, 11) is 0. The monoisotopic (exact) mass is 343 g/mol. The third-order valence-corrected chi connectivity index (χ3v) is 4.00. The number of hydrogen-bond acceptors (Lipinski definition) is 4. The first-order chi connectivity index (χ1) is 11.7. The molecule has 0 saturated heterocycles. The molecule has 1 atom stereocenters. The van der Waals surface area contributed by atoms with Crippen LogP contribution in [0.5, 0.6) is 5.75 Å². The van der Waals surface area contributed by atoms with Crippen molar-refractivity contribution in [3.8, 4) is 22.7 Å². The SMILES string of the molecule is CCOc1ccc(-c2cncn2-c2ccc(CS(=O)O)nc2)cc1. The zero-order chi connectivity index (χ0) is 16.9. The first kappa shape index (κ1) is 16.4. The summed E-state index contributed by atoms with van der Waals surface area (Å²) in [6.07, 6.45) is 5.17. The molecule has 3 aromatic rings. The average Bonchev–Trinajstić information content (AvgIpc) is 3.06. The maximum absolute atomic E-state index is 10.8. The van der Waals surface area contributed by atoms with Crippen molar-refractivity contribution in [3.05, 3.63) is 60.8 Å². The van der Waals surface area contributed by atoms with Gasteiger partial charge in [0.05, 0.1) is 48.2 Å². The van der Waals surface area contributed by atoms with Crippen molar-refractivity contribution in [2.75, 3.05) is 6.61 Å². The summed E-state index contributed by atoms with van der Waals surface area (Å²) in [5.41, 5.74) is 3.35. The Kier molecular flexibility index (Phi) is 5.02. The predicted octanol–water partition coefficient (Wildman–Crippen LogP) is 3.05. The van der Waals surface area contributed by atoms with Crippen LogP contribution < -0.4 is 4.74 Å². The van der Waals surface area contributed by atoms with Crippen LogP contribution in [0.4, 0.5) is 0 Å². The number of nitrogens with zero attached hydrogens (tertiary/aromatic N) is 3. The van der Waals surface area contributed by atoms with Crippen LogP contribution in [-0.2, 0) is 16.8 Å². The molecule has 3 rings (SSSR count). The maximum Gasteiger partial charge on any atom is 0.158 e. The molecule has 0 amide bonds. The summed E-state index contributed by atoms with van der Waals surface area (Å²) in [6, 6.07) is 11.4. The van der Waals surface area contributed by atoms with Gasteiger partial charge in [-0.1, -0.05) is 0 Å². The van der Waals surface area contributed by atoms with Crippen LogP contribution in [0.15, 0.2) is 55.1 Å². The summed E-state index contributed by atoms with van der Waals surface area (Å²) >= 11 is -1.89. The highest BCUT2D eigenvalue weighted by Gasteiger charge is 2.08. The van der Waals surface area contributed by atoms with Gasteiger partial charge >= 0.3 is 0 Å². The fourth-order valence-corrected chi connectivity index (χ4v) is 2.80. The van der Waals surface area contributed by atoms with Gasteiger partial charge < -0.3 is 9.29 Å². The molecule has 0 spiro atoms. The van der Waals surface area contributed by atoms with Crippen molar-refractivity contribution in [2.24, 2.45) is 0 Å². The first-order valence-corrected chi connectivity index (χ1v) is 8.73. The molecule has 0 aliphatic heterocycles. The molecule has 0 aliphatic rings. The normalized spacial score (nSPS) is 12.1. The zero-order valence-electron chi connectivity index (χ0n) is 13.1. The van der Waals surface area contributed by atoms with E-state index in [1.54, 1.807) is 24.8 Å². The highest BCUT2D eigenvalue weighted by atomic mass is 32.2. The Bertz CT molecular complexity index is 829. The van der Waals surface area contributed by atoms with E-state index in [2.05, 4.69) is 9.97 Å². The lowest BCUT2D eigenvalue weighted by Crippen LogP contribution is -2.00. The quantitative estimate of drug-likeness (QED) is 0.696. The van der Waals surface area contributed by atoms with E-state index in [1.807, 2.05) is 41.8 Å². The van der Waals surface area contributed by atoms with Crippen LogP contribution in [0.1, 0.15) is 12.6 Å². The van der Waals surface area contributed by atoms with Gasteiger partial charge in [-0.25, -0.2) is 9.19 Å². The molecule has 0 radical (unpaired) electrons. The molecule has 0 fully saturated rings. The Morgan fingerprint density at radius 3 is 2.58 bits per heavy atom. The standard InChI is InChI=1S/C17H17N3O3S/c1-2-23-16-7-3-13(4-8-16)17-10-18-12-20(17)15-6-5-14(19-9-15)11-24(21)22/h3-10,12H,2,11H2,1H3,(H,21,22). The molecule has 0 saturated carbocycles. The summed E-state index contributed by atoms with van der Waals surface area (Å²) in [6.45, 7) is 2.58. The molecule has 1 N–H and O–H groups in total. The number of rotatable bonds is 6. The van der Waals surface area contributed by atoms with Crippen LogP contribution in [-0.4, -0.2) is 29.9 Å². The molecular formula is C17H17N3O3S. The second-order valence-electron chi connectivity index (χ2n) is 5.08. The number of aromatic nitrogens is 3. The van der Waals surface area contributed by atoms with Crippen LogP contribution in [0.25, 0.3) is 16.9 Å². The molecule has 0 aliphatic carbocycles. The van der Waals surface area contributed by atoms with Crippen LogP contribution in [0, 0.1) is 0 Å². The van der Waals surface area contributed by atoms with Gasteiger partial charge in [-0.05, 0) is 43.3 Å². The lowest BCUT2D eigenvalue weighted by atomic mass is 10.1. The van der Waals surface area contributed by atoms with Gasteiger partial charge in [0.15, 0.2) is 11.1 Å². The largest absolute Gasteiger partial charge is 0.494 e. The average molecular weight is 343 g/mol. The summed E-state index contributed by atoms with van der Waals surface area (Å²) in [4.78, 5) is 8.45. The van der Waals surface area contributed by atoms with Crippen molar-refractivity contribution in [3.63, 3.8) is 0 Å². The Labute approximate surface area is 142 Å². The van der Waals surface area contributed by atoms with Gasteiger partial charge in [-0.2, -0.15) is 0 Å². The van der Waals surface area contributed by atoms with Gasteiger partial charge in [0.2, 0.25) is 0 Å². The molecule has 124 valence electrons. The Morgan fingerprint density at radius 1 is 1.17 bits per heavy atom. The minimum absolute atomic E-state index is 0.0238. The van der Waals surface area contributed by atoms with Crippen molar-refractivity contribution >= 4 is 11.1 Å². The lowest BCUT2D eigenvalue weighted by molar-refractivity contribution is 0.340. The number of imidazole rings is 1. The Balaban J connectivity index is 1.88. The molecule has 2 aromatic heterocycles. The van der Waals surface area contributed by atoms with E-state index in [9.17, 15) is 4.21 Å². The van der Waals surface area contributed by atoms with Gasteiger partial charge in [0.1, 0.15) is 5.75 Å². The van der Waals surface area contributed by atoms with E-state index < -0.39 is 11.1 Å². The maximum atomic E-state index is 10.8. The fraction of sp³-hybridized carbons (Fsp3) is 0.176. The molecular weight excluding hydrogens is 326 g/mol. The summed E-state index contributed by atoms with van der Waals surface area (Å²) in [5.74, 6) is 0.853. The van der Waals surface area contributed by atoms with E-state index in [0.29, 0.717) is 12.3 Å². The van der Waals surface area contributed by atoms with E-state index in [0.717, 1.165) is 22.7 Å². The van der Waals surface area contributed by atoms with Crippen LogP contribution in [0.3, 0.4) is 0 Å². The van der Waals surface area contributed by atoms with Crippen molar-refractivity contribution < 1.29 is 13.5 Å². The van der Waals surface area contributed by atoms with Gasteiger partial charge in [-0.3, -0.25) is 9.55 Å². The highest BCUT2D eigenvalue weighted by Crippen LogP contribution is 2.24. The topological polar surface area (TPSA) is 77.2 Å². The van der Waals surface area contributed by atoms with Crippen molar-refractivity contribution in [1.29, 1.82) is 0 Å². The van der Waals surface area contributed by atoms with Crippen LogP contribution >= 0.6 is 0 Å². The van der Waals surface area contributed by atoms with E-state index in [4.69, 9.17) is 9.29 Å². The minimum Gasteiger partial charge on any atom is -0.494 e. The van der Waals surface area contributed by atoms with Gasteiger partial charge in [0.25, 0.3) is 0 Å². The zero-order valence-corrected chi connectivity index (χ0v) is 13.9. The molecule has 7 heteroatoms. The number of ether oxygens (including phenoxy) is 1. The number of benzene rings is 1. The van der Waals surface area contributed by atoms with E-state index in [-0.39, 0.29) is 5.75 Å². The van der Waals surface area contributed by atoms with Gasteiger partial charge in [0, 0.05) is 5.56 Å². The number of hydrogen-bond donors (Lipinski definition) is 1. The minimum atomic E-state index is -1.89. The lowest BCUT2D eigenvalue weighted by Gasteiger charge is -2.09.